The van der Waals surface area contributed by atoms with Crippen molar-refractivity contribution in [3.05, 3.63) is 88.7 Å². The fourth-order valence-electron chi connectivity index (χ4n) is 2.33. The van der Waals surface area contributed by atoms with Gasteiger partial charge in [0, 0.05) is 23.1 Å². The van der Waals surface area contributed by atoms with E-state index in [0.717, 1.165) is 39.2 Å². The number of allylic oxidation sites excluding steroid dienone is 2. The lowest BCUT2D eigenvalue weighted by molar-refractivity contribution is 0.148. The molecular weight excluding hydrogens is 517 g/mol. The summed E-state index contributed by atoms with van der Waals surface area (Å²) in [7, 11) is -2.67. The Balaban J connectivity index is 0.000000947. The molecule has 0 amide bonds. The third-order valence-electron chi connectivity index (χ3n) is 3.53. The van der Waals surface area contributed by atoms with Crippen molar-refractivity contribution in [3.8, 4) is 21.7 Å². The molecule has 198 valence electrons. The van der Waals surface area contributed by atoms with Gasteiger partial charge in [-0.05, 0) is 56.7 Å². The van der Waals surface area contributed by atoms with Gasteiger partial charge in [0.25, 0.3) is 0 Å². The maximum Gasteiger partial charge on any atom is 0.144 e. The van der Waals surface area contributed by atoms with Crippen LogP contribution in [0.25, 0.3) is 21.7 Å². The van der Waals surface area contributed by atoms with Gasteiger partial charge in [-0.1, -0.05) is 61.4 Å². The Morgan fingerprint density at radius 2 is 1.53 bits per heavy atom. The van der Waals surface area contributed by atoms with Gasteiger partial charge in [-0.2, -0.15) is 0 Å². The molecule has 3 rings (SSSR count). The van der Waals surface area contributed by atoms with Crippen LogP contribution in [0.3, 0.4) is 0 Å². The average molecular weight is 554 g/mol. The molecule has 0 atom stereocenters. The lowest BCUT2D eigenvalue weighted by Crippen LogP contribution is -1.92. The number of halogens is 2. The number of aromatic nitrogens is 1. The molecular formula is C28H37ClFNO3S2. The van der Waals surface area contributed by atoms with Crippen LogP contribution >= 0.6 is 22.9 Å². The second-order valence-corrected chi connectivity index (χ2v) is 11.8. The molecule has 0 aliphatic carbocycles. The Kier molecular flexibility index (Phi) is 16.8. The zero-order valence-corrected chi connectivity index (χ0v) is 24.5. The molecule has 0 unspecified atom stereocenters. The summed E-state index contributed by atoms with van der Waals surface area (Å²) in [6.45, 7) is 14.2. The molecule has 1 aromatic heterocycles. The maximum absolute atomic E-state index is 13.2. The molecule has 1 heterocycles. The minimum Gasteiger partial charge on any atom is -0.370 e. The van der Waals surface area contributed by atoms with E-state index in [-0.39, 0.29) is 5.82 Å². The number of benzene rings is 2. The largest absolute Gasteiger partial charge is 0.370 e. The molecule has 4 nitrogen and oxygen atoms in total. The van der Waals surface area contributed by atoms with Gasteiger partial charge in [0.15, 0.2) is 0 Å². The highest BCUT2D eigenvalue weighted by atomic mass is 35.5. The summed E-state index contributed by atoms with van der Waals surface area (Å²) in [6.07, 6.45) is 4.13. The molecule has 0 bridgehead atoms. The fraction of sp³-hybridized carbons (Fsp3) is 0.321. The van der Waals surface area contributed by atoms with E-state index in [0.29, 0.717) is 18.2 Å². The lowest BCUT2D eigenvalue weighted by Gasteiger charge is -2.02. The Bertz CT molecular complexity index is 1160. The summed E-state index contributed by atoms with van der Waals surface area (Å²) in [5.41, 5.74) is 3.99. The number of ether oxygens (including phenoxy) is 1. The molecule has 3 aromatic rings. The summed E-state index contributed by atoms with van der Waals surface area (Å²) in [5, 5.41) is 1.58. The van der Waals surface area contributed by atoms with E-state index in [9.17, 15) is 12.8 Å². The van der Waals surface area contributed by atoms with Crippen LogP contribution in [0.1, 0.15) is 39.6 Å². The monoisotopic (exact) mass is 553 g/mol. The van der Waals surface area contributed by atoms with Crippen molar-refractivity contribution in [3.63, 3.8) is 0 Å². The van der Waals surface area contributed by atoms with Crippen LogP contribution in [0.5, 0.6) is 0 Å². The molecule has 8 heteroatoms. The minimum absolute atomic E-state index is 0.257. The van der Waals surface area contributed by atoms with Crippen molar-refractivity contribution < 1.29 is 17.5 Å². The first kappa shape index (κ1) is 33.7. The highest BCUT2D eigenvalue weighted by Gasteiger charge is 2.15. The predicted molar refractivity (Wildman–Crippen MR) is 155 cm³/mol. The minimum atomic E-state index is -2.67. The standard InChI is InChI=1S/C20H17ClFNOS.C4H8.C2H6O2S.C2H6/c1-14(21)11-12-24-13-18-23-19(15-7-9-17(22)10-8-15)20(25-18)16-5-3-2-4-6-16;1-4(2)3;1-5(2,3)4;1-2/h2-11H,12-13H2,1H3;1H2,2-3H3;1-2H3;1-2H3/b14-11+;;;. The third-order valence-corrected chi connectivity index (χ3v) is 4.77. The highest BCUT2D eigenvalue weighted by molar-refractivity contribution is 7.89. The van der Waals surface area contributed by atoms with Crippen molar-refractivity contribution in [1.82, 2.24) is 4.98 Å². The zero-order valence-electron chi connectivity index (χ0n) is 22.1. The van der Waals surface area contributed by atoms with Gasteiger partial charge in [-0.3, -0.25) is 0 Å². The average Bonchev–Trinajstić information content (AvgIpc) is 3.22. The maximum atomic E-state index is 13.2. The van der Waals surface area contributed by atoms with E-state index in [2.05, 4.69) is 6.58 Å². The van der Waals surface area contributed by atoms with Gasteiger partial charge < -0.3 is 4.74 Å². The van der Waals surface area contributed by atoms with Gasteiger partial charge >= 0.3 is 0 Å². The normalized spacial score (nSPS) is 10.6. The van der Waals surface area contributed by atoms with Crippen LogP contribution in [0.2, 0.25) is 0 Å². The molecule has 2 aromatic carbocycles. The van der Waals surface area contributed by atoms with Crippen LogP contribution in [-0.4, -0.2) is 32.5 Å². The van der Waals surface area contributed by atoms with Crippen molar-refractivity contribution in [1.29, 1.82) is 0 Å². The van der Waals surface area contributed by atoms with E-state index in [1.54, 1.807) is 23.5 Å². The van der Waals surface area contributed by atoms with Crippen LogP contribution in [-0.2, 0) is 21.2 Å². The van der Waals surface area contributed by atoms with Gasteiger partial charge in [0.05, 0.1) is 23.8 Å². The van der Waals surface area contributed by atoms with E-state index >= 15 is 0 Å². The van der Waals surface area contributed by atoms with Gasteiger partial charge in [0.1, 0.15) is 20.7 Å². The first-order valence-corrected chi connectivity index (χ1v) is 14.8. The smallest absolute Gasteiger partial charge is 0.144 e. The number of sulfone groups is 1. The molecule has 0 N–H and O–H groups in total. The van der Waals surface area contributed by atoms with E-state index in [1.807, 2.05) is 71.0 Å². The van der Waals surface area contributed by atoms with Crippen LogP contribution < -0.4 is 0 Å². The van der Waals surface area contributed by atoms with Gasteiger partial charge in [0.2, 0.25) is 0 Å². The van der Waals surface area contributed by atoms with E-state index < -0.39 is 9.84 Å². The van der Waals surface area contributed by atoms with Crippen molar-refractivity contribution >= 4 is 32.8 Å². The number of thiazole rings is 1. The molecule has 0 saturated carbocycles. The predicted octanol–water partition coefficient (Wildman–Crippen LogP) is 8.54. The summed E-state index contributed by atoms with van der Waals surface area (Å²) in [6, 6.07) is 16.5. The molecule has 0 spiro atoms. The Morgan fingerprint density at radius 1 is 1.03 bits per heavy atom. The number of hydrogen-bond donors (Lipinski definition) is 0. The van der Waals surface area contributed by atoms with E-state index in [1.165, 1.54) is 17.7 Å². The van der Waals surface area contributed by atoms with Crippen molar-refractivity contribution in [2.75, 3.05) is 19.1 Å². The third kappa shape index (κ3) is 16.4. The molecule has 0 aliphatic heterocycles. The fourth-order valence-corrected chi connectivity index (χ4v) is 3.43. The number of hydrogen-bond acceptors (Lipinski definition) is 5. The van der Waals surface area contributed by atoms with Gasteiger partial charge in [-0.25, -0.2) is 17.8 Å². The molecule has 0 fully saturated rings. The Morgan fingerprint density at radius 3 is 2.00 bits per heavy atom. The van der Waals surface area contributed by atoms with Crippen LogP contribution in [0, 0.1) is 5.82 Å². The zero-order chi connectivity index (χ0) is 27.7. The SMILES string of the molecule is C/C(Cl)=C\COCc1nc(-c2ccc(F)cc2)c(-c2ccccc2)s1.C=C(C)C.CC.CS(C)(=O)=O. The summed E-state index contributed by atoms with van der Waals surface area (Å²) in [4.78, 5) is 5.77. The molecule has 0 radical (unpaired) electrons. The second kappa shape index (κ2) is 18.0. The summed E-state index contributed by atoms with van der Waals surface area (Å²) < 4.78 is 38.1. The highest BCUT2D eigenvalue weighted by Crippen LogP contribution is 2.37. The first-order valence-electron chi connectivity index (χ1n) is 11.3. The Hall–Kier alpha value is -2.32. The topological polar surface area (TPSA) is 56.3 Å². The van der Waals surface area contributed by atoms with E-state index in [4.69, 9.17) is 21.3 Å². The number of nitrogens with zero attached hydrogens (tertiary/aromatic N) is 1. The Labute approximate surface area is 225 Å². The number of rotatable bonds is 6. The van der Waals surface area contributed by atoms with Crippen molar-refractivity contribution in [2.45, 2.75) is 41.2 Å². The second-order valence-electron chi connectivity index (χ2n) is 7.81. The lowest BCUT2D eigenvalue weighted by atomic mass is 10.1. The molecule has 36 heavy (non-hydrogen) atoms. The van der Waals surface area contributed by atoms with Crippen LogP contribution in [0.15, 0.2) is 77.9 Å². The summed E-state index contributed by atoms with van der Waals surface area (Å²) >= 11 is 7.39. The summed E-state index contributed by atoms with van der Waals surface area (Å²) in [5.74, 6) is -0.257. The quantitative estimate of drug-likeness (QED) is 0.226. The van der Waals surface area contributed by atoms with Crippen LogP contribution in [0.4, 0.5) is 4.39 Å². The first-order chi connectivity index (χ1) is 16.9. The molecule has 0 saturated heterocycles. The molecule has 0 aliphatic rings. The van der Waals surface area contributed by atoms with Gasteiger partial charge in [-0.15, -0.1) is 17.9 Å². The van der Waals surface area contributed by atoms with Crippen molar-refractivity contribution in [2.24, 2.45) is 0 Å².